The average molecular weight is 597 g/mol. The molecule has 40 heavy (non-hydrogen) atoms. The minimum Gasteiger partial charge on any atom is -0.636 e. The Hall–Kier alpha value is -1.08. The van der Waals surface area contributed by atoms with E-state index in [0.717, 1.165) is 6.42 Å². The first-order valence-corrected chi connectivity index (χ1v) is 11.7. The van der Waals surface area contributed by atoms with E-state index >= 15 is 0 Å². The van der Waals surface area contributed by atoms with Crippen LogP contribution < -0.4 is 69.6 Å². The summed E-state index contributed by atoms with van der Waals surface area (Å²) in [5, 5.41) is 32.6. The number of rotatable bonds is 20. The summed E-state index contributed by atoms with van der Waals surface area (Å²) in [5.74, 6) is -1.28. The topological polar surface area (TPSA) is 219 Å². The second-order valence-electron chi connectivity index (χ2n) is 8.37. The van der Waals surface area contributed by atoms with Gasteiger partial charge >= 0.3 is 71.1 Å². The summed E-state index contributed by atoms with van der Waals surface area (Å²) >= 11 is 0. The van der Waals surface area contributed by atoms with E-state index < -0.39 is 22.8 Å². The maximum Gasteiger partial charge on any atom is 1.00 e. The predicted octanol–water partition coefficient (Wildman–Crippen LogP) is -5.29. The van der Waals surface area contributed by atoms with E-state index in [-0.39, 0.29) is 96.9 Å². The van der Waals surface area contributed by atoms with E-state index in [0.29, 0.717) is 32.5 Å². The van der Waals surface area contributed by atoms with Gasteiger partial charge in [-0.15, -0.1) is 10.2 Å². The second-order valence-corrected chi connectivity index (χ2v) is 8.37. The van der Waals surface area contributed by atoms with E-state index in [2.05, 4.69) is 30.8 Å². The van der Waals surface area contributed by atoms with Crippen LogP contribution in [0.2, 0.25) is 0 Å². The monoisotopic (exact) mass is 596 g/mol. The van der Waals surface area contributed by atoms with Crippen molar-refractivity contribution < 1.29 is 118 Å². The van der Waals surface area contributed by atoms with Gasteiger partial charge in [-0.25, -0.2) is 4.79 Å². The van der Waals surface area contributed by atoms with Crippen LogP contribution in [0.3, 0.4) is 0 Å². The number of ketones is 2. The van der Waals surface area contributed by atoms with Crippen LogP contribution in [0.15, 0.2) is 20.8 Å². The Morgan fingerprint density at radius 3 is 1.60 bits per heavy atom. The number of Topliss-reactive ketones (excluding diaryl/α,β-unsaturated/α-hetero) is 2. The van der Waals surface area contributed by atoms with Gasteiger partial charge in [0, 0.05) is 37.6 Å². The summed E-state index contributed by atoms with van der Waals surface area (Å²) in [6.07, 6.45) is 2.25. The molecule has 0 saturated heterocycles. The molecule has 0 amide bonds. The fourth-order valence-corrected chi connectivity index (χ4v) is 2.52. The van der Waals surface area contributed by atoms with Gasteiger partial charge in [0.2, 0.25) is 0 Å². The molecule has 0 heterocycles. The number of nitrogens with zero attached hydrogens (tertiary/aromatic N) is 4. The third kappa shape index (κ3) is 23.6. The Morgan fingerprint density at radius 1 is 0.700 bits per heavy atom. The third-order valence-electron chi connectivity index (χ3n) is 5.12. The van der Waals surface area contributed by atoms with Gasteiger partial charge in [-0.3, -0.25) is 9.59 Å². The molecule has 0 rings (SSSR count). The number of hydrogen-bond acceptors (Lipinski definition) is 16. The molecule has 0 saturated carbocycles. The Labute approximate surface area is 278 Å². The van der Waals surface area contributed by atoms with Crippen LogP contribution in [0.5, 0.6) is 0 Å². The molecule has 0 aromatic carbocycles. The van der Waals surface area contributed by atoms with Gasteiger partial charge in [0.05, 0.1) is 13.2 Å². The van der Waals surface area contributed by atoms with Crippen LogP contribution in [-0.4, -0.2) is 75.2 Å². The maximum atomic E-state index is 12.1. The number of ether oxygens (including phenoxy) is 4. The molecule has 0 aliphatic carbocycles. The number of hydrogen-bond donors (Lipinski definition) is 0. The SMILES string of the molecule is COCCOC(=O)C(C)(CCC(C)(N=NO[O-])C(C)=O)N=NO[O-].COCCOC(=O)CCCCC(C)=O.[Na+].[Na+]. The molecular formula is C22H38N4Na2O12. The van der Waals surface area contributed by atoms with Gasteiger partial charge in [-0.1, -0.05) is 0 Å². The van der Waals surface area contributed by atoms with Crippen LogP contribution >= 0.6 is 0 Å². The molecular weight excluding hydrogens is 558 g/mol. The summed E-state index contributed by atoms with van der Waals surface area (Å²) in [6.45, 7) is 6.39. The number of carbonyl (C=O) groups is 4. The molecule has 18 heteroatoms. The Morgan fingerprint density at radius 2 is 1.15 bits per heavy atom. The minimum atomic E-state index is -1.61. The average Bonchev–Trinajstić information content (AvgIpc) is 2.88. The minimum absolute atomic E-state index is 0. The van der Waals surface area contributed by atoms with Crippen molar-refractivity contribution in [2.45, 2.75) is 77.3 Å². The van der Waals surface area contributed by atoms with E-state index in [4.69, 9.17) is 18.9 Å². The van der Waals surface area contributed by atoms with E-state index in [1.165, 1.54) is 27.9 Å². The molecule has 0 radical (unpaired) electrons. The molecule has 2 atom stereocenters. The van der Waals surface area contributed by atoms with Gasteiger partial charge in [-0.2, -0.15) is 0 Å². The number of unbranched alkanes of at least 4 members (excludes halogenated alkanes) is 1. The van der Waals surface area contributed by atoms with Crippen molar-refractivity contribution in [3.63, 3.8) is 0 Å². The third-order valence-corrected chi connectivity index (χ3v) is 5.12. The van der Waals surface area contributed by atoms with Gasteiger partial charge in [0.1, 0.15) is 24.5 Å². The largest absolute Gasteiger partial charge is 1.00 e. The second kappa shape index (κ2) is 28.1. The number of methoxy groups -OCH3 is 2. The van der Waals surface area contributed by atoms with Gasteiger partial charge in [0.15, 0.2) is 11.3 Å². The first-order valence-electron chi connectivity index (χ1n) is 11.7. The molecule has 2 unspecified atom stereocenters. The van der Waals surface area contributed by atoms with Gasteiger partial charge < -0.3 is 44.2 Å². The maximum absolute atomic E-state index is 12.1. The van der Waals surface area contributed by atoms with Gasteiger partial charge in [-0.05, 0) is 53.4 Å². The van der Waals surface area contributed by atoms with E-state index in [1.54, 1.807) is 14.0 Å². The van der Waals surface area contributed by atoms with Gasteiger partial charge in [0.25, 0.3) is 0 Å². The summed E-state index contributed by atoms with van der Waals surface area (Å²) in [5.41, 5.74) is -3.03. The van der Waals surface area contributed by atoms with Crippen molar-refractivity contribution in [2.24, 2.45) is 20.8 Å². The van der Waals surface area contributed by atoms with Crippen molar-refractivity contribution in [1.82, 2.24) is 0 Å². The molecule has 0 aliphatic rings. The molecule has 220 valence electrons. The number of esters is 2. The van der Waals surface area contributed by atoms with Crippen molar-refractivity contribution in [3.8, 4) is 0 Å². The zero-order valence-corrected chi connectivity index (χ0v) is 28.8. The zero-order chi connectivity index (χ0) is 29.5. The summed E-state index contributed by atoms with van der Waals surface area (Å²) < 4.78 is 19.3. The Kier molecular flexibility index (Phi) is 32.2. The number of carbonyl (C=O) groups excluding carboxylic acids is 4. The van der Waals surface area contributed by atoms with E-state index in [1.807, 2.05) is 0 Å². The van der Waals surface area contributed by atoms with E-state index in [9.17, 15) is 29.7 Å². The summed E-state index contributed by atoms with van der Waals surface area (Å²) in [7, 11) is 2.99. The molecule has 0 aromatic rings. The fourth-order valence-electron chi connectivity index (χ4n) is 2.52. The molecule has 0 spiro atoms. The molecule has 0 N–H and O–H groups in total. The first-order chi connectivity index (χ1) is 17.9. The zero-order valence-electron chi connectivity index (χ0n) is 24.8. The Bertz CT molecular complexity index is 776. The van der Waals surface area contributed by atoms with Crippen molar-refractivity contribution in [3.05, 3.63) is 0 Å². The van der Waals surface area contributed by atoms with Crippen molar-refractivity contribution >= 4 is 23.5 Å². The summed E-state index contributed by atoms with van der Waals surface area (Å²) in [6, 6.07) is 0. The van der Waals surface area contributed by atoms with Crippen molar-refractivity contribution in [2.75, 3.05) is 40.6 Å². The summed E-state index contributed by atoms with van der Waals surface area (Å²) in [4.78, 5) is 51.9. The van der Waals surface area contributed by atoms with Crippen LogP contribution in [-0.2, 0) is 48.1 Å². The van der Waals surface area contributed by atoms with Crippen LogP contribution in [0.1, 0.15) is 66.2 Å². The van der Waals surface area contributed by atoms with Crippen LogP contribution in [0, 0.1) is 0 Å². The molecule has 0 bridgehead atoms. The van der Waals surface area contributed by atoms with Crippen LogP contribution in [0.4, 0.5) is 0 Å². The predicted molar refractivity (Wildman–Crippen MR) is 123 cm³/mol. The van der Waals surface area contributed by atoms with Crippen molar-refractivity contribution in [1.29, 1.82) is 0 Å². The smallest absolute Gasteiger partial charge is 0.636 e. The first kappa shape index (κ1) is 45.9. The molecule has 0 aliphatic heterocycles. The molecule has 0 aromatic heterocycles. The van der Waals surface area contributed by atoms with Crippen LogP contribution in [0.25, 0.3) is 0 Å². The molecule has 0 fully saturated rings. The quantitative estimate of drug-likeness (QED) is 0.0321. The fraction of sp³-hybridized carbons (Fsp3) is 0.818. The molecule has 16 nitrogen and oxygen atoms in total. The standard InChI is InChI=1S/C12H22N4O8.C10H18O4.2Na/c1-9(17)11(2,13-15-23-19)5-6-12(3,14-16-24-20)10(18)22-8-7-21-4;1-9(11)5-3-4-6-10(12)14-8-7-13-2;;/h19-20H,5-8H2,1-4H3;3-8H2,1-2H3;;/q;;2*+1/p-2. The normalized spacial score (nSPS) is 13.4. The Balaban J connectivity index is -0.000000349.